The summed E-state index contributed by atoms with van der Waals surface area (Å²) < 4.78 is 11.4. The van der Waals surface area contributed by atoms with E-state index in [2.05, 4.69) is 25.3 Å². The molecule has 4 heterocycles. The van der Waals surface area contributed by atoms with Crippen molar-refractivity contribution in [1.82, 2.24) is 25.2 Å². The number of hydrogen-bond donors (Lipinski definition) is 2. The molecule has 3 N–H and O–H groups in total. The first-order valence-corrected chi connectivity index (χ1v) is 13.9. The van der Waals surface area contributed by atoms with Crippen LogP contribution in [0, 0.1) is 0 Å². The number of nitrogens with one attached hydrogen (secondary N) is 1. The van der Waals surface area contributed by atoms with E-state index in [1.54, 1.807) is 6.08 Å². The quantitative estimate of drug-likeness (QED) is 0.436. The van der Waals surface area contributed by atoms with Crippen molar-refractivity contribution in [2.75, 3.05) is 56.7 Å². The Kier molecular flexibility index (Phi) is 7.90. The van der Waals surface area contributed by atoms with Crippen molar-refractivity contribution in [2.45, 2.75) is 24.9 Å². The van der Waals surface area contributed by atoms with Crippen LogP contribution < -0.4 is 20.9 Å². The second-order valence-electron chi connectivity index (χ2n) is 10.3. The molecule has 2 unspecified atom stereocenters. The Balaban J connectivity index is 1.15. The standard InChI is InChI=1S/C30H35N7O3/c31-29-27-28(22-10-12-25(13-11-22)40-24-7-2-1-3-8-24)34-37(30(27)33-21-32-29)23-6-4-15-36(20-23)26(38)9-5-14-35-16-18-39-19-17-35/h1-3,5,7-13,21,23,28,34H,4,6,14-20H2,(H2,31,32,33)/b9-5+. The van der Waals surface area contributed by atoms with Crippen molar-refractivity contribution in [3.05, 3.63) is 84.2 Å². The molecule has 0 radical (unpaired) electrons. The molecule has 3 aliphatic heterocycles. The summed E-state index contributed by atoms with van der Waals surface area (Å²) in [6.45, 7) is 5.42. The van der Waals surface area contributed by atoms with Crippen LogP contribution in [0.2, 0.25) is 0 Å². The zero-order chi connectivity index (χ0) is 27.3. The lowest BCUT2D eigenvalue weighted by Gasteiger charge is -2.38. The van der Waals surface area contributed by atoms with Gasteiger partial charge in [0.2, 0.25) is 5.91 Å². The monoisotopic (exact) mass is 541 g/mol. The molecule has 10 nitrogen and oxygen atoms in total. The van der Waals surface area contributed by atoms with Crippen LogP contribution in [0.25, 0.3) is 0 Å². The molecule has 208 valence electrons. The summed E-state index contributed by atoms with van der Waals surface area (Å²) in [6, 6.07) is 17.5. The van der Waals surface area contributed by atoms with Crippen molar-refractivity contribution >= 4 is 17.5 Å². The third kappa shape index (κ3) is 5.79. The Hall–Kier alpha value is -3.99. The van der Waals surface area contributed by atoms with Crippen LogP contribution in [0.4, 0.5) is 11.6 Å². The minimum Gasteiger partial charge on any atom is -0.457 e. The number of nitrogens with zero attached hydrogens (tertiary/aromatic N) is 5. The average Bonchev–Trinajstić information content (AvgIpc) is 3.40. The van der Waals surface area contributed by atoms with E-state index in [0.717, 1.165) is 80.7 Å². The van der Waals surface area contributed by atoms with Gasteiger partial charge in [0.25, 0.3) is 0 Å². The van der Waals surface area contributed by atoms with Gasteiger partial charge in [0.15, 0.2) is 5.82 Å². The number of hydrogen-bond acceptors (Lipinski definition) is 9. The molecule has 1 amide bonds. The molecule has 0 saturated carbocycles. The lowest BCUT2D eigenvalue weighted by Crippen LogP contribution is -2.53. The Labute approximate surface area is 234 Å². The Bertz CT molecular complexity index is 1330. The fourth-order valence-corrected chi connectivity index (χ4v) is 5.56. The normalized spacial score (nSPS) is 21.5. The van der Waals surface area contributed by atoms with E-state index in [0.29, 0.717) is 12.4 Å². The minimum atomic E-state index is -0.207. The number of aromatic nitrogens is 2. The van der Waals surface area contributed by atoms with Crippen molar-refractivity contribution in [3.63, 3.8) is 0 Å². The highest BCUT2D eigenvalue weighted by atomic mass is 16.5. The number of piperidine rings is 1. The van der Waals surface area contributed by atoms with Crippen LogP contribution in [0.1, 0.15) is 30.0 Å². The molecule has 3 aliphatic rings. The van der Waals surface area contributed by atoms with E-state index in [1.165, 1.54) is 6.33 Å². The number of nitrogens with two attached hydrogens (primary N) is 1. The minimum absolute atomic E-state index is 0.0464. The van der Waals surface area contributed by atoms with Gasteiger partial charge in [-0.1, -0.05) is 36.4 Å². The summed E-state index contributed by atoms with van der Waals surface area (Å²) in [5.74, 6) is 2.81. The zero-order valence-corrected chi connectivity index (χ0v) is 22.5. The topological polar surface area (TPSA) is 109 Å². The number of hydrazine groups is 1. The van der Waals surface area contributed by atoms with E-state index in [1.807, 2.05) is 65.6 Å². The molecule has 2 atom stereocenters. The fourth-order valence-electron chi connectivity index (χ4n) is 5.56. The van der Waals surface area contributed by atoms with E-state index in [9.17, 15) is 4.79 Å². The number of carbonyl (C=O) groups excluding carboxylic acids is 1. The van der Waals surface area contributed by atoms with Gasteiger partial charge in [0.05, 0.1) is 30.9 Å². The second kappa shape index (κ2) is 12.0. The van der Waals surface area contributed by atoms with Gasteiger partial charge in [-0.05, 0) is 42.7 Å². The average molecular weight is 542 g/mol. The maximum absolute atomic E-state index is 13.0. The number of ether oxygens (including phenoxy) is 2. The maximum Gasteiger partial charge on any atom is 0.246 e. The van der Waals surface area contributed by atoms with Crippen LogP contribution >= 0.6 is 0 Å². The number of likely N-dealkylation sites (tertiary alicyclic amines) is 1. The molecule has 2 saturated heterocycles. The molecule has 10 heteroatoms. The van der Waals surface area contributed by atoms with Crippen molar-refractivity contribution in [3.8, 4) is 11.5 Å². The van der Waals surface area contributed by atoms with Crippen molar-refractivity contribution in [2.24, 2.45) is 0 Å². The first kappa shape index (κ1) is 26.2. The lowest BCUT2D eigenvalue weighted by molar-refractivity contribution is -0.127. The van der Waals surface area contributed by atoms with Crippen molar-refractivity contribution < 1.29 is 14.3 Å². The van der Waals surface area contributed by atoms with E-state index in [-0.39, 0.29) is 18.0 Å². The molecule has 0 spiro atoms. The highest BCUT2D eigenvalue weighted by Crippen LogP contribution is 2.40. The van der Waals surface area contributed by atoms with Crippen LogP contribution in [0.3, 0.4) is 0 Å². The van der Waals surface area contributed by atoms with Crippen molar-refractivity contribution in [1.29, 1.82) is 0 Å². The zero-order valence-electron chi connectivity index (χ0n) is 22.5. The van der Waals surface area contributed by atoms with E-state index < -0.39 is 0 Å². The summed E-state index contributed by atoms with van der Waals surface area (Å²) >= 11 is 0. The molecule has 0 aliphatic carbocycles. The number of fused-ring (bicyclic) bond motifs is 1. The van der Waals surface area contributed by atoms with E-state index in [4.69, 9.17) is 15.2 Å². The van der Waals surface area contributed by atoms with Gasteiger partial charge in [-0.2, -0.15) is 0 Å². The number of anilines is 2. The largest absolute Gasteiger partial charge is 0.457 e. The number of benzene rings is 2. The van der Waals surface area contributed by atoms with Gasteiger partial charge in [-0.25, -0.2) is 15.4 Å². The summed E-state index contributed by atoms with van der Waals surface area (Å²) in [5, 5.41) is 2.09. The van der Waals surface area contributed by atoms with Gasteiger partial charge in [0.1, 0.15) is 23.6 Å². The first-order valence-electron chi connectivity index (χ1n) is 13.9. The van der Waals surface area contributed by atoms with Gasteiger partial charge in [0, 0.05) is 38.8 Å². The van der Waals surface area contributed by atoms with Crippen LogP contribution in [-0.2, 0) is 9.53 Å². The van der Waals surface area contributed by atoms with Crippen LogP contribution in [-0.4, -0.2) is 77.7 Å². The molecule has 6 rings (SSSR count). The van der Waals surface area contributed by atoms with Crippen LogP contribution in [0.15, 0.2) is 73.1 Å². The van der Waals surface area contributed by atoms with E-state index >= 15 is 0 Å². The third-order valence-electron chi connectivity index (χ3n) is 7.67. The molecular formula is C30H35N7O3. The van der Waals surface area contributed by atoms with Crippen LogP contribution in [0.5, 0.6) is 11.5 Å². The maximum atomic E-state index is 13.0. The Morgan fingerprint density at radius 1 is 1.05 bits per heavy atom. The fraction of sp³-hybridized carbons (Fsp3) is 0.367. The SMILES string of the molecule is Nc1ncnc2c1C(c1ccc(Oc3ccccc3)cc1)NN2C1CCCN(C(=O)/C=C/CN2CCOCC2)C1. The Morgan fingerprint density at radius 3 is 2.62 bits per heavy atom. The number of nitrogen functional groups attached to an aromatic ring is 1. The predicted octanol–water partition coefficient (Wildman–Crippen LogP) is 3.14. The molecule has 2 fully saturated rings. The third-order valence-corrected chi connectivity index (χ3v) is 7.67. The molecule has 3 aromatic rings. The summed E-state index contributed by atoms with van der Waals surface area (Å²) in [7, 11) is 0. The molecular weight excluding hydrogens is 506 g/mol. The number of carbonyl (C=O) groups is 1. The first-order chi connectivity index (χ1) is 19.7. The molecule has 2 aromatic carbocycles. The summed E-state index contributed by atoms with van der Waals surface area (Å²) in [5.41, 5.74) is 11.9. The number of rotatable bonds is 7. The van der Waals surface area contributed by atoms with Gasteiger partial charge in [-0.15, -0.1) is 0 Å². The highest BCUT2D eigenvalue weighted by molar-refractivity contribution is 5.87. The lowest BCUT2D eigenvalue weighted by atomic mass is 10.0. The van der Waals surface area contributed by atoms with Gasteiger partial charge >= 0.3 is 0 Å². The number of amides is 1. The molecule has 0 bridgehead atoms. The second-order valence-corrected chi connectivity index (χ2v) is 10.3. The number of morpholine rings is 1. The number of para-hydroxylation sites is 1. The summed E-state index contributed by atoms with van der Waals surface area (Å²) in [4.78, 5) is 26.2. The Morgan fingerprint density at radius 2 is 1.82 bits per heavy atom. The van der Waals surface area contributed by atoms with Gasteiger partial charge in [-0.3, -0.25) is 14.7 Å². The molecule has 1 aromatic heterocycles. The smallest absolute Gasteiger partial charge is 0.246 e. The molecule has 40 heavy (non-hydrogen) atoms. The van der Waals surface area contributed by atoms with Gasteiger partial charge < -0.3 is 20.1 Å². The summed E-state index contributed by atoms with van der Waals surface area (Å²) in [6.07, 6.45) is 7.04. The predicted molar refractivity (Wildman–Crippen MR) is 153 cm³/mol. The highest BCUT2D eigenvalue weighted by Gasteiger charge is 2.38.